The van der Waals surface area contributed by atoms with E-state index in [0.717, 1.165) is 39.1 Å². The monoisotopic (exact) mass is 302 g/mol. The zero-order valence-electron chi connectivity index (χ0n) is 11.2. The second-order valence-electron chi connectivity index (χ2n) is 4.90. The molecule has 0 N–H and O–H groups in total. The predicted molar refractivity (Wildman–Crippen MR) is 80.5 cm³/mol. The summed E-state index contributed by atoms with van der Waals surface area (Å²) in [5.74, 6) is 0.601. The van der Waals surface area contributed by atoms with Crippen molar-refractivity contribution in [2.75, 3.05) is 46.4 Å². The molecular formula is C14H20Cl2N2O. The molecule has 1 saturated heterocycles. The summed E-state index contributed by atoms with van der Waals surface area (Å²) < 4.78 is 5.68. The number of hydrogen-bond donors (Lipinski definition) is 0. The van der Waals surface area contributed by atoms with Gasteiger partial charge in [0.05, 0.1) is 16.7 Å². The van der Waals surface area contributed by atoms with E-state index in [2.05, 4.69) is 16.8 Å². The zero-order valence-corrected chi connectivity index (χ0v) is 12.8. The molecule has 1 aliphatic heterocycles. The fourth-order valence-corrected chi connectivity index (χ4v) is 2.66. The van der Waals surface area contributed by atoms with Gasteiger partial charge in [-0.3, -0.25) is 0 Å². The van der Waals surface area contributed by atoms with Crippen LogP contribution in [0.4, 0.5) is 0 Å². The number of piperazine rings is 1. The van der Waals surface area contributed by atoms with E-state index < -0.39 is 0 Å². The lowest BCUT2D eigenvalue weighted by Crippen LogP contribution is -2.44. The highest BCUT2D eigenvalue weighted by molar-refractivity contribution is 6.37. The first-order valence-electron chi connectivity index (χ1n) is 6.64. The van der Waals surface area contributed by atoms with Crippen LogP contribution in [0.1, 0.15) is 6.42 Å². The van der Waals surface area contributed by atoms with Gasteiger partial charge in [0.1, 0.15) is 0 Å². The number of benzene rings is 1. The van der Waals surface area contributed by atoms with Gasteiger partial charge in [0.25, 0.3) is 0 Å². The average molecular weight is 303 g/mol. The first-order chi connectivity index (χ1) is 9.16. The lowest BCUT2D eigenvalue weighted by Gasteiger charge is -2.32. The van der Waals surface area contributed by atoms with E-state index in [4.69, 9.17) is 27.9 Å². The van der Waals surface area contributed by atoms with Gasteiger partial charge in [0, 0.05) is 32.7 Å². The van der Waals surface area contributed by atoms with Crippen molar-refractivity contribution in [3.8, 4) is 5.75 Å². The van der Waals surface area contributed by atoms with Gasteiger partial charge in [0.2, 0.25) is 0 Å². The Kier molecular flexibility index (Phi) is 5.76. The van der Waals surface area contributed by atoms with Crippen LogP contribution in [-0.4, -0.2) is 56.2 Å². The smallest absolute Gasteiger partial charge is 0.156 e. The van der Waals surface area contributed by atoms with Crippen LogP contribution in [0, 0.1) is 0 Å². The second kappa shape index (κ2) is 7.34. The first kappa shape index (κ1) is 14.9. The normalized spacial score (nSPS) is 17.6. The molecule has 0 spiro atoms. The fourth-order valence-electron chi connectivity index (χ4n) is 2.15. The standard InChI is InChI=1S/C14H20Cl2N2O/c1-17-7-9-18(10-8-17)6-3-11-19-14-12(15)4-2-5-13(14)16/h2,4-5H,3,6-11H2,1H3. The lowest BCUT2D eigenvalue weighted by molar-refractivity contribution is 0.145. The molecule has 2 rings (SSSR count). The lowest BCUT2D eigenvalue weighted by atomic mass is 10.3. The van der Waals surface area contributed by atoms with Gasteiger partial charge >= 0.3 is 0 Å². The van der Waals surface area contributed by atoms with Crippen LogP contribution in [0.5, 0.6) is 5.75 Å². The minimum atomic E-state index is 0.576. The molecule has 1 fully saturated rings. The summed E-state index contributed by atoms with van der Waals surface area (Å²) in [6, 6.07) is 5.41. The van der Waals surface area contributed by atoms with Crippen LogP contribution in [0.15, 0.2) is 18.2 Å². The van der Waals surface area contributed by atoms with E-state index in [1.165, 1.54) is 0 Å². The first-order valence-corrected chi connectivity index (χ1v) is 7.40. The fraction of sp³-hybridized carbons (Fsp3) is 0.571. The Balaban J connectivity index is 1.69. The van der Waals surface area contributed by atoms with Crippen molar-refractivity contribution in [3.63, 3.8) is 0 Å². The summed E-state index contributed by atoms with van der Waals surface area (Å²) in [5, 5.41) is 1.15. The van der Waals surface area contributed by atoms with E-state index in [1.54, 1.807) is 12.1 Å². The average Bonchev–Trinajstić information content (AvgIpc) is 2.39. The predicted octanol–water partition coefficient (Wildman–Crippen LogP) is 3.01. The maximum Gasteiger partial charge on any atom is 0.156 e. The largest absolute Gasteiger partial charge is 0.490 e. The Hall–Kier alpha value is -0.480. The molecule has 0 unspecified atom stereocenters. The Morgan fingerprint density at radius 2 is 1.74 bits per heavy atom. The van der Waals surface area contributed by atoms with Crippen LogP contribution in [-0.2, 0) is 0 Å². The molecule has 0 radical (unpaired) electrons. The van der Waals surface area contributed by atoms with Gasteiger partial charge in [-0.2, -0.15) is 0 Å². The highest BCUT2D eigenvalue weighted by atomic mass is 35.5. The summed E-state index contributed by atoms with van der Waals surface area (Å²) >= 11 is 12.1. The summed E-state index contributed by atoms with van der Waals surface area (Å²) in [7, 11) is 2.17. The van der Waals surface area contributed by atoms with Gasteiger partial charge < -0.3 is 14.5 Å². The summed E-state index contributed by atoms with van der Waals surface area (Å²) in [5.41, 5.74) is 0. The molecule has 106 valence electrons. The molecule has 0 amide bonds. The SMILES string of the molecule is CN1CCN(CCCOc2c(Cl)cccc2Cl)CC1. The summed E-state index contributed by atoms with van der Waals surface area (Å²) in [6.45, 7) is 6.30. The van der Waals surface area contributed by atoms with Crippen molar-refractivity contribution in [1.82, 2.24) is 9.80 Å². The Morgan fingerprint density at radius 1 is 1.11 bits per heavy atom. The van der Waals surface area contributed by atoms with E-state index in [0.29, 0.717) is 22.4 Å². The zero-order chi connectivity index (χ0) is 13.7. The van der Waals surface area contributed by atoms with Crippen molar-refractivity contribution < 1.29 is 4.74 Å². The van der Waals surface area contributed by atoms with E-state index >= 15 is 0 Å². The van der Waals surface area contributed by atoms with Crippen LogP contribution < -0.4 is 4.74 Å². The Labute approximate surface area is 125 Å². The number of halogens is 2. The van der Waals surface area contributed by atoms with E-state index in [-0.39, 0.29) is 0 Å². The van der Waals surface area contributed by atoms with Crippen molar-refractivity contribution in [2.24, 2.45) is 0 Å². The number of nitrogens with zero attached hydrogens (tertiary/aromatic N) is 2. The van der Waals surface area contributed by atoms with Gasteiger partial charge in [-0.1, -0.05) is 29.3 Å². The third-order valence-corrected chi connectivity index (χ3v) is 3.98. The maximum atomic E-state index is 6.05. The summed E-state index contributed by atoms with van der Waals surface area (Å²) in [6.07, 6.45) is 0.991. The molecule has 19 heavy (non-hydrogen) atoms. The number of rotatable bonds is 5. The highest BCUT2D eigenvalue weighted by Gasteiger charge is 2.13. The third kappa shape index (κ3) is 4.53. The molecule has 1 aromatic carbocycles. The molecule has 5 heteroatoms. The molecule has 1 aliphatic rings. The maximum absolute atomic E-state index is 6.05. The minimum Gasteiger partial charge on any atom is -0.490 e. The molecule has 0 atom stereocenters. The van der Waals surface area contributed by atoms with Crippen molar-refractivity contribution in [1.29, 1.82) is 0 Å². The van der Waals surface area contributed by atoms with Crippen LogP contribution >= 0.6 is 23.2 Å². The van der Waals surface area contributed by atoms with Crippen molar-refractivity contribution in [3.05, 3.63) is 28.2 Å². The van der Waals surface area contributed by atoms with Crippen LogP contribution in [0.25, 0.3) is 0 Å². The molecule has 0 saturated carbocycles. The number of hydrogen-bond acceptors (Lipinski definition) is 3. The molecular weight excluding hydrogens is 283 g/mol. The van der Waals surface area contributed by atoms with Gasteiger partial charge in [-0.15, -0.1) is 0 Å². The Morgan fingerprint density at radius 3 is 2.37 bits per heavy atom. The minimum absolute atomic E-state index is 0.576. The van der Waals surface area contributed by atoms with Gasteiger partial charge in [-0.25, -0.2) is 0 Å². The molecule has 3 nitrogen and oxygen atoms in total. The van der Waals surface area contributed by atoms with Crippen LogP contribution in [0.3, 0.4) is 0 Å². The van der Waals surface area contributed by atoms with Gasteiger partial charge in [-0.05, 0) is 25.6 Å². The number of para-hydroxylation sites is 1. The molecule has 0 aliphatic carbocycles. The number of ether oxygens (including phenoxy) is 1. The van der Waals surface area contributed by atoms with Crippen LogP contribution in [0.2, 0.25) is 10.0 Å². The molecule has 0 bridgehead atoms. The summed E-state index contributed by atoms with van der Waals surface area (Å²) in [4.78, 5) is 4.83. The second-order valence-corrected chi connectivity index (χ2v) is 5.71. The highest BCUT2D eigenvalue weighted by Crippen LogP contribution is 2.32. The molecule has 1 aromatic rings. The Bertz CT molecular complexity index is 386. The van der Waals surface area contributed by atoms with Gasteiger partial charge in [0.15, 0.2) is 5.75 Å². The van der Waals surface area contributed by atoms with Crippen molar-refractivity contribution >= 4 is 23.2 Å². The van der Waals surface area contributed by atoms with Crippen molar-refractivity contribution in [2.45, 2.75) is 6.42 Å². The topological polar surface area (TPSA) is 15.7 Å². The quantitative estimate of drug-likeness (QED) is 0.778. The molecule has 0 aromatic heterocycles. The third-order valence-electron chi connectivity index (χ3n) is 3.38. The van der Waals surface area contributed by atoms with E-state index in [9.17, 15) is 0 Å². The molecule has 1 heterocycles. The van der Waals surface area contributed by atoms with E-state index in [1.807, 2.05) is 6.07 Å². The number of likely N-dealkylation sites (N-methyl/N-ethyl adjacent to an activating group) is 1.